The molecule has 0 bridgehead atoms. The van der Waals surface area contributed by atoms with E-state index in [1.807, 2.05) is 0 Å². The first-order valence-electron chi connectivity index (χ1n) is 7.92. The van der Waals surface area contributed by atoms with Crippen LogP contribution in [-0.4, -0.2) is 88.1 Å². The van der Waals surface area contributed by atoms with Crippen molar-refractivity contribution in [2.24, 2.45) is 0 Å². The second-order valence-corrected chi connectivity index (χ2v) is 6.91. The molecule has 0 aromatic rings. The minimum absolute atomic E-state index is 0. The van der Waals surface area contributed by atoms with Crippen LogP contribution in [0.25, 0.3) is 0 Å². The van der Waals surface area contributed by atoms with Crippen molar-refractivity contribution in [3.05, 3.63) is 0 Å². The number of carbonyl (C=O) groups excluding carboxylic acids is 1. The number of piperidine rings is 1. The molecule has 2 heterocycles. The molecule has 2 aliphatic heterocycles. The molecule has 0 aromatic carbocycles. The van der Waals surface area contributed by atoms with Gasteiger partial charge in [0.15, 0.2) is 6.54 Å². The van der Waals surface area contributed by atoms with Crippen molar-refractivity contribution in [2.75, 3.05) is 73.2 Å². The fourth-order valence-corrected chi connectivity index (χ4v) is 3.18. The van der Waals surface area contributed by atoms with E-state index in [1.165, 1.54) is 19.3 Å². The lowest BCUT2D eigenvalue weighted by atomic mass is 10.1. The number of hydrogen-bond donors (Lipinski definition) is 0. The van der Waals surface area contributed by atoms with Gasteiger partial charge in [0.1, 0.15) is 26.2 Å². The average Bonchev–Trinajstić information content (AvgIpc) is 2.39. The molecule has 22 heavy (non-hydrogen) atoms. The van der Waals surface area contributed by atoms with Crippen LogP contribution in [0, 0.1) is 0 Å². The Hall–Kier alpha value is 0.810. The number of likely N-dealkylation sites (tertiary alicyclic amines) is 1. The summed E-state index contributed by atoms with van der Waals surface area (Å²) in [4.78, 5) is 12.0. The molecule has 0 spiro atoms. The van der Waals surface area contributed by atoms with Crippen molar-refractivity contribution in [1.82, 2.24) is 0 Å². The first-order chi connectivity index (χ1) is 9.52. The van der Waals surface area contributed by atoms with Gasteiger partial charge in [-0.2, -0.15) is 0 Å². The molecule has 0 aromatic heterocycles. The lowest BCUT2D eigenvalue weighted by Gasteiger charge is -2.38. The molecule has 0 N–H and O–H groups in total. The summed E-state index contributed by atoms with van der Waals surface area (Å²) in [7, 11) is 4.39. The molecule has 2 saturated heterocycles. The Kier molecular flexibility index (Phi) is 11.0. The highest BCUT2D eigenvalue weighted by Gasteiger charge is 2.29. The Bertz CT molecular complexity index is 331. The summed E-state index contributed by atoms with van der Waals surface area (Å²) in [5, 5.41) is 0. The molecular formula is C15H30I2N2O3. The number of ether oxygens (including phenoxy) is 2. The van der Waals surface area contributed by atoms with Crippen LogP contribution in [0.15, 0.2) is 0 Å². The maximum Gasteiger partial charge on any atom is 0.361 e. The van der Waals surface area contributed by atoms with Crippen molar-refractivity contribution in [2.45, 2.75) is 19.3 Å². The average molecular weight is 540 g/mol. The van der Waals surface area contributed by atoms with Gasteiger partial charge in [-0.3, -0.25) is 0 Å². The SMILES string of the molecule is C[N+]1(CCOC(=O)C[N+]2(C)CCCCC2)CCOCC1.[I-].[I-]. The van der Waals surface area contributed by atoms with Crippen LogP contribution in [0.2, 0.25) is 0 Å². The number of carbonyl (C=O) groups is 1. The third kappa shape index (κ3) is 7.59. The molecule has 7 heteroatoms. The maximum atomic E-state index is 12.0. The second kappa shape index (κ2) is 10.6. The molecule has 0 saturated carbocycles. The van der Waals surface area contributed by atoms with E-state index in [0.29, 0.717) is 13.2 Å². The molecule has 2 fully saturated rings. The monoisotopic (exact) mass is 540 g/mol. The van der Waals surface area contributed by atoms with Crippen LogP contribution in [0.1, 0.15) is 19.3 Å². The van der Waals surface area contributed by atoms with Gasteiger partial charge in [-0.1, -0.05) is 0 Å². The van der Waals surface area contributed by atoms with Crippen LogP contribution in [0.3, 0.4) is 0 Å². The standard InChI is InChI=1S/C15H30N2O3.2HI/c1-16(8-11-19-12-9-16)10-13-20-15(18)14-17(2)6-4-3-5-7-17;;/h3-14H2,1-2H3;2*1H/q+2;;/p-2. The van der Waals surface area contributed by atoms with Crippen LogP contribution in [-0.2, 0) is 14.3 Å². The molecule has 0 radical (unpaired) electrons. The van der Waals surface area contributed by atoms with Crippen LogP contribution >= 0.6 is 0 Å². The van der Waals surface area contributed by atoms with E-state index in [2.05, 4.69) is 14.1 Å². The van der Waals surface area contributed by atoms with Crippen molar-refractivity contribution < 1.29 is 71.2 Å². The number of quaternary nitrogens is 2. The number of esters is 1. The summed E-state index contributed by atoms with van der Waals surface area (Å²) in [5.41, 5.74) is 0. The Morgan fingerprint density at radius 2 is 1.55 bits per heavy atom. The molecule has 0 unspecified atom stereocenters. The minimum atomic E-state index is -0.0331. The molecule has 5 nitrogen and oxygen atoms in total. The predicted molar refractivity (Wildman–Crippen MR) is 77.2 cm³/mol. The van der Waals surface area contributed by atoms with Crippen LogP contribution < -0.4 is 48.0 Å². The lowest BCUT2D eigenvalue weighted by molar-refractivity contribution is -0.917. The first-order valence-corrected chi connectivity index (χ1v) is 7.92. The Morgan fingerprint density at radius 1 is 0.955 bits per heavy atom. The fourth-order valence-electron chi connectivity index (χ4n) is 3.18. The highest BCUT2D eigenvalue weighted by Crippen LogP contribution is 2.16. The Morgan fingerprint density at radius 3 is 2.14 bits per heavy atom. The minimum Gasteiger partial charge on any atom is -1.00 e. The lowest BCUT2D eigenvalue weighted by Crippen LogP contribution is -3.00. The fraction of sp³-hybridized carbons (Fsp3) is 0.933. The number of hydrogen-bond acceptors (Lipinski definition) is 3. The van der Waals surface area contributed by atoms with E-state index in [0.717, 1.165) is 54.9 Å². The highest BCUT2D eigenvalue weighted by atomic mass is 127. The molecule has 132 valence electrons. The Balaban J connectivity index is 0.00000220. The zero-order valence-electron chi connectivity index (χ0n) is 13.9. The normalized spacial score (nSPS) is 22.8. The smallest absolute Gasteiger partial charge is 0.361 e. The molecule has 0 atom stereocenters. The quantitative estimate of drug-likeness (QED) is 0.199. The van der Waals surface area contributed by atoms with Gasteiger partial charge >= 0.3 is 5.97 Å². The number of halogens is 2. The summed E-state index contributed by atoms with van der Waals surface area (Å²) < 4.78 is 12.7. The molecule has 0 amide bonds. The topological polar surface area (TPSA) is 35.5 Å². The van der Waals surface area contributed by atoms with Gasteiger partial charge in [0.2, 0.25) is 0 Å². The zero-order valence-corrected chi connectivity index (χ0v) is 18.2. The number of rotatable bonds is 5. The first kappa shape index (κ1) is 22.8. The largest absolute Gasteiger partial charge is 1.00 e. The molecule has 2 aliphatic rings. The van der Waals surface area contributed by atoms with Gasteiger partial charge < -0.3 is 66.4 Å². The highest BCUT2D eigenvalue weighted by molar-refractivity contribution is 5.70. The van der Waals surface area contributed by atoms with E-state index in [-0.39, 0.29) is 53.9 Å². The number of nitrogens with zero attached hydrogens (tertiary/aromatic N) is 2. The molecule has 0 aliphatic carbocycles. The zero-order chi connectivity index (χ0) is 14.5. The van der Waals surface area contributed by atoms with E-state index in [9.17, 15) is 4.79 Å². The third-order valence-electron chi connectivity index (χ3n) is 4.85. The molecular weight excluding hydrogens is 510 g/mol. The van der Waals surface area contributed by atoms with Crippen LogP contribution in [0.5, 0.6) is 0 Å². The van der Waals surface area contributed by atoms with Crippen LogP contribution in [0.4, 0.5) is 0 Å². The van der Waals surface area contributed by atoms with Crippen molar-refractivity contribution >= 4 is 5.97 Å². The van der Waals surface area contributed by atoms with E-state index >= 15 is 0 Å². The van der Waals surface area contributed by atoms with E-state index in [4.69, 9.17) is 9.47 Å². The number of morpholine rings is 1. The van der Waals surface area contributed by atoms with Gasteiger partial charge in [0.25, 0.3) is 0 Å². The van der Waals surface area contributed by atoms with Gasteiger partial charge in [-0.25, -0.2) is 4.79 Å². The van der Waals surface area contributed by atoms with Crippen molar-refractivity contribution in [1.29, 1.82) is 0 Å². The predicted octanol–water partition coefficient (Wildman–Crippen LogP) is -5.36. The number of likely N-dealkylation sites (N-methyl/N-ethyl adjacent to an activating group) is 2. The summed E-state index contributed by atoms with van der Waals surface area (Å²) in [6, 6.07) is 0. The van der Waals surface area contributed by atoms with Crippen molar-refractivity contribution in [3.63, 3.8) is 0 Å². The molecule has 2 rings (SSSR count). The summed E-state index contributed by atoms with van der Waals surface area (Å²) in [6.07, 6.45) is 3.78. The van der Waals surface area contributed by atoms with Gasteiger partial charge in [0.05, 0.1) is 40.4 Å². The van der Waals surface area contributed by atoms with Gasteiger partial charge in [-0.05, 0) is 19.3 Å². The van der Waals surface area contributed by atoms with Gasteiger partial charge in [0, 0.05) is 0 Å². The maximum absolute atomic E-state index is 12.0. The summed E-state index contributed by atoms with van der Waals surface area (Å²) >= 11 is 0. The van der Waals surface area contributed by atoms with Gasteiger partial charge in [-0.15, -0.1) is 0 Å². The Labute approximate surface area is 168 Å². The summed E-state index contributed by atoms with van der Waals surface area (Å²) in [6.45, 7) is 7.87. The third-order valence-corrected chi connectivity index (χ3v) is 4.85. The van der Waals surface area contributed by atoms with Crippen molar-refractivity contribution in [3.8, 4) is 0 Å². The van der Waals surface area contributed by atoms with E-state index in [1.54, 1.807) is 0 Å². The van der Waals surface area contributed by atoms with E-state index < -0.39 is 0 Å². The summed E-state index contributed by atoms with van der Waals surface area (Å²) in [5.74, 6) is -0.0331. The second-order valence-electron chi connectivity index (χ2n) is 6.91.